The predicted octanol–water partition coefficient (Wildman–Crippen LogP) is 2.33. The van der Waals surface area contributed by atoms with Gasteiger partial charge in [-0.1, -0.05) is 25.0 Å². The van der Waals surface area contributed by atoms with Gasteiger partial charge in [-0.3, -0.25) is 0 Å². The molecule has 1 heterocycles. The van der Waals surface area contributed by atoms with E-state index < -0.39 is 21.2 Å². The molecule has 1 aliphatic carbocycles. The van der Waals surface area contributed by atoms with Crippen molar-refractivity contribution < 1.29 is 18.3 Å². The highest BCUT2D eigenvalue weighted by molar-refractivity contribution is 7.89. The first-order chi connectivity index (χ1) is 10.6. The highest BCUT2D eigenvalue weighted by Gasteiger charge is 2.39. The Balaban J connectivity index is 1.91. The molecule has 3 rings (SSSR count). The molecule has 1 aromatic carbocycles. The molecule has 23 heavy (non-hydrogen) atoms. The standard InChI is InChI=1S/C17H25NO4S/c1-16(2)11-13-7-6-8-14(15(13)22-16)23(20,21)18(3)12-17(19)9-4-5-10-17/h6-8,19H,4-5,9-12H2,1-3H3. The molecule has 1 saturated carbocycles. The summed E-state index contributed by atoms with van der Waals surface area (Å²) < 4.78 is 33.1. The average Bonchev–Trinajstić information content (AvgIpc) is 2.99. The molecule has 0 aromatic heterocycles. The monoisotopic (exact) mass is 339 g/mol. The lowest BCUT2D eigenvalue weighted by molar-refractivity contribution is 0.0332. The molecule has 0 saturated heterocycles. The number of hydrogen-bond donors (Lipinski definition) is 1. The molecule has 1 aliphatic heterocycles. The van der Waals surface area contributed by atoms with Crippen LogP contribution in [0.4, 0.5) is 0 Å². The lowest BCUT2D eigenvalue weighted by Crippen LogP contribution is -2.42. The summed E-state index contributed by atoms with van der Waals surface area (Å²) in [6, 6.07) is 5.26. The molecule has 1 N–H and O–H groups in total. The minimum absolute atomic E-state index is 0.127. The van der Waals surface area contributed by atoms with Crippen molar-refractivity contribution in [2.75, 3.05) is 13.6 Å². The van der Waals surface area contributed by atoms with Crippen molar-refractivity contribution in [2.45, 2.75) is 62.0 Å². The molecule has 1 fully saturated rings. The van der Waals surface area contributed by atoms with Crippen molar-refractivity contribution in [1.82, 2.24) is 4.31 Å². The molecule has 128 valence electrons. The van der Waals surface area contributed by atoms with Crippen molar-refractivity contribution in [3.63, 3.8) is 0 Å². The molecule has 6 heteroatoms. The zero-order chi connectivity index (χ0) is 16.9. The third kappa shape index (κ3) is 3.12. The minimum atomic E-state index is -3.69. The topological polar surface area (TPSA) is 66.8 Å². The third-order valence-corrected chi connectivity index (χ3v) is 6.62. The molecule has 2 aliphatic rings. The fourth-order valence-corrected chi connectivity index (χ4v) is 5.05. The number of sulfonamides is 1. The van der Waals surface area contributed by atoms with E-state index in [2.05, 4.69) is 0 Å². The van der Waals surface area contributed by atoms with Gasteiger partial charge in [-0.25, -0.2) is 8.42 Å². The number of likely N-dealkylation sites (N-methyl/N-ethyl adjacent to an activating group) is 1. The smallest absolute Gasteiger partial charge is 0.246 e. The third-order valence-electron chi connectivity index (χ3n) is 4.79. The normalized spacial score (nSPS) is 22.1. The van der Waals surface area contributed by atoms with Gasteiger partial charge in [0.05, 0.1) is 5.60 Å². The van der Waals surface area contributed by atoms with Gasteiger partial charge in [0, 0.05) is 20.0 Å². The van der Waals surface area contributed by atoms with Crippen molar-refractivity contribution in [3.8, 4) is 5.75 Å². The quantitative estimate of drug-likeness (QED) is 0.914. The number of aliphatic hydroxyl groups is 1. The number of fused-ring (bicyclic) bond motifs is 1. The van der Waals surface area contributed by atoms with Gasteiger partial charge in [-0.05, 0) is 38.3 Å². The first kappa shape index (κ1) is 16.7. The van der Waals surface area contributed by atoms with Crippen LogP contribution in [0.1, 0.15) is 45.1 Å². The molecular weight excluding hydrogens is 314 g/mol. The Morgan fingerprint density at radius 3 is 2.57 bits per heavy atom. The van der Waals surface area contributed by atoms with Gasteiger partial charge < -0.3 is 9.84 Å². The van der Waals surface area contributed by atoms with Crippen LogP contribution in [0.15, 0.2) is 23.1 Å². The molecule has 0 bridgehead atoms. The molecular formula is C17H25NO4S. The van der Waals surface area contributed by atoms with E-state index in [1.165, 1.54) is 11.4 Å². The number of rotatable bonds is 4. The van der Waals surface area contributed by atoms with E-state index in [9.17, 15) is 13.5 Å². The van der Waals surface area contributed by atoms with Crippen LogP contribution in [0.25, 0.3) is 0 Å². The van der Waals surface area contributed by atoms with Crippen LogP contribution in [-0.4, -0.2) is 42.6 Å². The van der Waals surface area contributed by atoms with Crippen molar-refractivity contribution >= 4 is 10.0 Å². The van der Waals surface area contributed by atoms with Crippen molar-refractivity contribution in [2.24, 2.45) is 0 Å². The second-order valence-corrected chi connectivity index (χ2v) is 9.49. The Hall–Kier alpha value is -1.11. The number of para-hydroxylation sites is 1. The van der Waals surface area contributed by atoms with Gasteiger partial charge in [0.1, 0.15) is 16.2 Å². The molecule has 5 nitrogen and oxygen atoms in total. The second-order valence-electron chi connectivity index (χ2n) is 7.48. The molecule has 0 unspecified atom stereocenters. The summed E-state index contributed by atoms with van der Waals surface area (Å²) >= 11 is 0. The Morgan fingerprint density at radius 2 is 1.91 bits per heavy atom. The number of hydrogen-bond acceptors (Lipinski definition) is 4. The average molecular weight is 339 g/mol. The van der Waals surface area contributed by atoms with Crippen LogP contribution < -0.4 is 4.74 Å². The van der Waals surface area contributed by atoms with Gasteiger partial charge in [0.25, 0.3) is 0 Å². The maximum atomic E-state index is 13.0. The second kappa shape index (κ2) is 5.46. The molecule has 0 amide bonds. The van der Waals surface area contributed by atoms with Crippen LogP contribution in [-0.2, 0) is 16.4 Å². The molecule has 1 aromatic rings. The molecule has 0 atom stereocenters. The Bertz CT molecular complexity index is 705. The lowest BCUT2D eigenvalue weighted by atomic mass is 10.0. The van der Waals surface area contributed by atoms with Crippen LogP contribution in [0, 0.1) is 0 Å². The van der Waals surface area contributed by atoms with Gasteiger partial charge in [0.15, 0.2) is 0 Å². The predicted molar refractivity (Wildman–Crippen MR) is 88.1 cm³/mol. The van der Waals surface area contributed by atoms with E-state index in [-0.39, 0.29) is 11.4 Å². The summed E-state index contributed by atoms with van der Waals surface area (Å²) in [5.74, 6) is 0.461. The zero-order valence-electron chi connectivity index (χ0n) is 14.0. The summed E-state index contributed by atoms with van der Waals surface area (Å²) in [6.07, 6.45) is 3.90. The summed E-state index contributed by atoms with van der Waals surface area (Å²) in [5.41, 5.74) is -0.375. The summed E-state index contributed by atoms with van der Waals surface area (Å²) in [4.78, 5) is 0.199. The largest absolute Gasteiger partial charge is 0.486 e. The van der Waals surface area contributed by atoms with E-state index in [1.807, 2.05) is 19.9 Å². The fraction of sp³-hybridized carbons (Fsp3) is 0.647. The number of nitrogens with zero attached hydrogens (tertiary/aromatic N) is 1. The van der Waals surface area contributed by atoms with Crippen LogP contribution in [0.5, 0.6) is 5.75 Å². The highest BCUT2D eigenvalue weighted by atomic mass is 32.2. The van der Waals surface area contributed by atoms with Gasteiger partial charge in [-0.15, -0.1) is 0 Å². The van der Waals surface area contributed by atoms with Crippen LogP contribution >= 0.6 is 0 Å². The Morgan fingerprint density at radius 1 is 1.26 bits per heavy atom. The number of benzene rings is 1. The Labute approximate surface area is 138 Å². The van der Waals surface area contributed by atoms with E-state index in [0.29, 0.717) is 25.0 Å². The zero-order valence-corrected chi connectivity index (χ0v) is 14.8. The van der Waals surface area contributed by atoms with Crippen LogP contribution in [0.2, 0.25) is 0 Å². The van der Waals surface area contributed by atoms with E-state index in [4.69, 9.17) is 4.74 Å². The molecule has 0 radical (unpaired) electrons. The van der Waals surface area contributed by atoms with E-state index in [1.54, 1.807) is 12.1 Å². The minimum Gasteiger partial charge on any atom is -0.486 e. The van der Waals surface area contributed by atoms with Crippen molar-refractivity contribution in [1.29, 1.82) is 0 Å². The fourth-order valence-electron chi connectivity index (χ4n) is 3.65. The lowest BCUT2D eigenvalue weighted by Gasteiger charge is -2.28. The Kier molecular flexibility index (Phi) is 3.98. The van der Waals surface area contributed by atoms with Gasteiger partial charge >= 0.3 is 0 Å². The highest BCUT2D eigenvalue weighted by Crippen LogP contribution is 2.41. The maximum Gasteiger partial charge on any atom is 0.246 e. The van der Waals surface area contributed by atoms with E-state index in [0.717, 1.165) is 18.4 Å². The first-order valence-corrected chi connectivity index (χ1v) is 9.57. The van der Waals surface area contributed by atoms with Gasteiger partial charge in [-0.2, -0.15) is 4.31 Å². The SMILES string of the molecule is CN(CC1(O)CCCC1)S(=O)(=O)c1cccc2c1OC(C)(C)C2. The first-order valence-electron chi connectivity index (χ1n) is 8.13. The van der Waals surface area contributed by atoms with E-state index >= 15 is 0 Å². The summed E-state index contributed by atoms with van der Waals surface area (Å²) in [7, 11) is -2.16. The maximum absolute atomic E-state index is 13.0. The van der Waals surface area contributed by atoms with Crippen LogP contribution in [0.3, 0.4) is 0 Å². The molecule has 0 spiro atoms. The number of ether oxygens (including phenoxy) is 1. The summed E-state index contributed by atoms with van der Waals surface area (Å²) in [6.45, 7) is 4.03. The summed E-state index contributed by atoms with van der Waals surface area (Å²) in [5, 5.41) is 10.5. The van der Waals surface area contributed by atoms with Crippen molar-refractivity contribution in [3.05, 3.63) is 23.8 Å². The van der Waals surface area contributed by atoms with Gasteiger partial charge in [0.2, 0.25) is 10.0 Å².